The molecule has 9 heteroatoms. The first-order valence-corrected chi connectivity index (χ1v) is 12.7. The number of aliphatic carboxylic acids is 1. The Morgan fingerprint density at radius 3 is 2.15 bits per heavy atom. The second kappa shape index (κ2) is 17.2. The molecule has 3 aromatic rings. The molecular formula is C30H39Cl2N3O4. The van der Waals surface area contributed by atoms with Crippen molar-refractivity contribution in [3.05, 3.63) is 78.9 Å². The Bertz CT molecular complexity index is 1140. The van der Waals surface area contributed by atoms with E-state index in [-0.39, 0.29) is 49.4 Å². The monoisotopic (exact) mass is 575 g/mol. The number of hydrogen-bond acceptors (Lipinski definition) is 5. The second-order valence-corrected chi connectivity index (χ2v) is 9.47. The number of ether oxygens (including phenoxy) is 1. The number of benzene rings is 3. The van der Waals surface area contributed by atoms with Crippen LogP contribution in [0.2, 0.25) is 0 Å². The van der Waals surface area contributed by atoms with Crippen molar-refractivity contribution < 1.29 is 19.4 Å². The third-order valence-electron chi connectivity index (χ3n) is 5.94. The zero-order valence-electron chi connectivity index (χ0n) is 22.6. The maximum absolute atomic E-state index is 13.3. The van der Waals surface area contributed by atoms with Crippen LogP contribution in [-0.4, -0.2) is 42.2 Å². The van der Waals surface area contributed by atoms with Crippen LogP contribution < -0.4 is 20.7 Å². The SMILES string of the molecule is CC[C@@H](CNc1ccc(OCC(=O)O)cc1)NC(=O)[C@H](CC(C)C)Nc1cccc(-c2ccccc2)c1.Cl.Cl. The Morgan fingerprint density at radius 1 is 0.872 bits per heavy atom. The zero-order valence-corrected chi connectivity index (χ0v) is 24.2. The summed E-state index contributed by atoms with van der Waals surface area (Å²) in [6, 6.07) is 25.0. The molecule has 1 amide bonds. The quantitative estimate of drug-likeness (QED) is 0.175. The average Bonchev–Trinajstić information content (AvgIpc) is 2.90. The summed E-state index contributed by atoms with van der Waals surface area (Å²) in [7, 11) is 0. The van der Waals surface area contributed by atoms with Crippen LogP contribution in [0, 0.1) is 5.92 Å². The number of carbonyl (C=O) groups excluding carboxylic acids is 1. The summed E-state index contributed by atoms with van der Waals surface area (Å²) in [5.74, 6) is -0.198. The summed E-state index contributed by atoms with van der Waals surface area (Å²) in [4.78, 5) is 24.0. The Hall–Kier alpha value is -3.42. The maximum Gasteiger partial charge on any atom is 0.341 e. The van der Waals surface area contributed by atoms with Crippen molar-refractivity contribution in [1.82, 2.24) is 5.32 Å². The number of carboxylic acids is 1. The largest absolute Gasteiger partial charge is 0.482 e. The summed E-state index contributed by atoms with van der Waals surface area (Å²) in [6.07, 6.45) is 1.49. The predicted molar refractivity (Wildman–Crippen MR) is 164 cm³/mol. The number of amides is 1. The molecule has 3 rings (SSSR count). The number of hydrogen-bond donors (Lipinski definition) is 4. The summed E-state index contributed by atoms with van der Waals surface area (Å²) >= 11 is 0. The second-order valence-electron chi connectivity index (χ2n) is 9.47. The number of rotatable bonds is 14. The van der Waals surface area contributed by atoms with Gasteiger partial charge in [0.1, 0.15) is 11.8 Å². The molecule has 0 fully saturated rings. The van der Waals surface area contributed by atoms with E-state index in [4.69, 9.17) is 9.84 Å². The lowest BCUT2D eigenvalue weighted by Gasteiger charge is -2.25. The van der Waals surface area contributed by atoms with E-state index in [0.717, 1.165) is 28.9 Å². The van der Waals surface area contributed by atoms with Crippen LogP contribution >= 0.6 is 24.8 Å². The molecule has 0 heterocycles. The van der Waals surface area contributed by atoms with Crippen LogP contribution in [0.25, 0.3) is 11.1 Å². The molecule has 3 aromatic carbocycles. The molecule has 212 valence electrons. The highest BCUT2D eigenvalue weighted by Gasteiger charge is 2.22. The summed E-state index contributed by atoms with van der Waals surface area (Å²) < 4.78 is 5.17. The first-order chi connectivity index (χ1) is 17.8. The van der Waals surface area contributed by atoms with Gasteiger partial charge in [0.25, 0.3) is 0 Å². The maximum atomic E-state index is 13.3. The molecule has 0 aliphatic heterocycles. The number of anilines is 2. The Labute approximate surface area is 243 Å². The van der Waals surface area contributed by atoms with Gasteiger partial charge in [-0.25, -0.2) is 4.79 Å². The third-order valence-corrected chi connectivity index (χ3v) is 5.94. The highest BCUT2D eigenvalue weighted by molar-refractivity contribution is 5.86. The lowest BCUT2D eigenvalue weighted by Crippen LogP contribution is -2.47. The van der Waals surface area contributed by atoms with Crippen LogP contribution in [0.4, 0.5) is 11.4 Å². The average molecular weight is 577 g/mol. The lowest BCUT2D eigenvalue weighted by atomic mass is 10.0. The third kappa shape index (κ3) is 11.5. The molecule has 0 bridgehead atoms. The molecular weight excluding hydrogens is 537 g/mol. The van der Waals surface area contributed by atoms with E-state index < -0.39 is 5.97 Å². The van der Waals surface area contributed by atoms with E-state index in [2.05, 4.69) is 54.1 Å². The molecule has 2 atom stereocenters. The molecule has 0 aromatic heterocycles. The van der Waals surface area contributed by atoms with Gasteiger partial charge in [-0.05, 0) is 66.3 Å². The van der Waals surface area contributed by atoms with E-state index in [1.165, 1.54) is 0 Å². The molecule has 4 N–H and O–H groups in total. The van der Waals surface area contributed by atoms with Gasteiger partial charge in [-0.3, -0.25) is 4.79 Å². The van der Waals surface area contributed by atoms with E-state index in [9.17, 15) is 9.59 Å². The molecule has 0 aliphatic carbocycles. The molecule has 0 aliphatic rings. The molecule has 0 spiro atoms. The minimum atomic E-state index is -1.02. The lowest BCUT2D eigenvalue weighted by molar-refractivity contribution is -0.139. The summed E-state index contributed by atoms with van der Waals surface area (Å²) in [5.41, 5.74) is 4.02. The van der Waals surface area contributed by atoms with Crippen LogP contribution in [-0.2, 0) is 9.59 Å². The first-order valence-electron chi connectivity index (χ1n) is 12.7. The zero-order chi connectivity index (χ0) is 26.6. The van der Waals surface area contributed by atoms with Crippen molar-refractivity contribution in [3.8, 4) is 16.9 Å². The number of nitrogens with one attached hydrogen (secondary N) is 3. The summed E-state index contributed by atoms with van der Waals surface area (Å²) in [5, 5.41) is 18.7. The van der Waals surface area contributed by atoms with E-state index in [1.807, 2.05) is 49.4 Å². The number of carboxylic acid groups (broad SMARTS) is 1. The molecule has 0 saturated heterocycles. The molecule has 0 unspecified atom stereocenters. The van der Waals surface area contributed by atoms with Crippen molar-refractivity contribution >= 4 is 48.1 Å². The van der Waals surface area contributed by atoms with E-state index in [0.29, 0.717) is 24.6 Å². The first kappa shape index (κ1) is 33.6. The highest BCUT2D eigenvalue weighted by atomic mass is 35.5. The van der Waals surface area contributed by atoms with Gasteiger partial charge in [0, 0.05) is 24.0 Å². The van der Waals surface area contributed by atoms with Crippen LogP contribution in [0.15, 0.2) is 78.9 Å². The van der Waals surface area contributed by atoms with Crippen molar-refractivity contribution in [1.29, 1.82) is 0 Å². The van der Waals surface area contributed by atoms with Gasteiger partial charge < -0.3 is 25.8 Å². The molecule has 0 saturated carbocycles. The van der Waals surface area contributed by atoms with Crippen LogP contribution in [0.3, 0.4) is 0 Å². The van der Waals surface area contributed by atoms with Crippen LogP contribution in [0.1, 0.15) is 33.6 Å². The van der Waals surface area contributed by atoms with Gasteiger partial charge in [-0.15, -0.1) is 24.8 Å². The number of carbonyl (C=O) groups is 2. The normalized spacial score (nSPS) is 11.8. The van der Waals surface area contributed by atoms with Crippen molar-refractivity contribution in [3.63, 3.8) is 0 Å². The Kier molecular flexibility index (Phi) is 14.8. The van der Waals surface area contributed by atoms with Gasteiger partial charge in [-0.1, -0.05) is 63.2 Å². The topological polar surface area (TPSA) is 99.7 Å². The predicted octanol–water partition coefficient (Wildman–Crippen LogP) is 6.49. The molecule has 7 nitrogen and oxygen atoms in total. The summed E-state index contributed by atoms with van der Waals surface area (Å²) in [6.45, 7) is 6.47. The van der Waals surface area contributed by atoms with Gasteiger partial charge >= 0.3 is 5.97 Å². The fourth-order valence-corrected chi connectivity index (χ4v) is 3.98. The van der Waals surface area contributed by atoms with Gasteiger partial charge in [0.2, 0.25) is 5.91 Å². The van der Waals surface area contributed by atoms with Crippen LogP contribution in [0.5, 0.6) is 5.75 Å². The minimum absolute atomic E-state index is 0. The fraction of sp³-hybridized carbons (Fsp3) is 0.333. The van der Waals surface area contributed by atoms with Gasteiger partial charge in [-0.2, -0.15) is 0 Å². The molecule has 39 heavy (non-hydrogen) atoms. The fourth-order valence-electron chi connectivity index (χ4n) is 3.98. The van der Waals surface area contributed by atoms with Crippen molar-refractivity contribution in [2.75, 3.05) is 23.8 Å². The minimum Gasteiger partial charge on any atom is -0.482 e. The standard InChI is InChI=1S/C30H37N3O4.2ClH/c1-4-24(19-31-25-13-15-27(16-14-25)37-20-29(34)35)33-30(36)28(17-21(2)3)32-26-12-8-11-23(18-26)22-9-6-5-7-10-22;;/h5-16,18,21,24,28,31-32H,4,17,19-20H2,1-3H3,(H,33,36)(H,34,35);2*1H/t24-,28-;;/m0../s1. The van der Waals surface area contributed by atoms with Crippen molar-refractivity contribution in [2.45, 2.75) is 45.7 Å². The van der Waals surface area contributed by atoms with Crippen molar-refractivity contribution in [2.24, 2.45) is 5.92 Å². The van der Waals surface area contributed by atoms with E-state index >= 15 is 0 Å². The number of halogens is 2. The smallest absolute Gasteiger partial charge is 0.341 e. The van der Waals surface area contributed by atoms with Gasteiger partial charge in [0.15, 0.2) is 6.61 Å². The van der Waals surface area contributed by atoms with E-state index in [1.54, 1.807) is 12.1 Å². The Morgan fingerprint density at radius 2 is 1.54 bits per heavy atom. The molecule has 0 radical (unpaired) electrons. The Balaban J connectivity index is 0.00000380. The van der Waals surface area contributed by atoms with Gasteiger partial charge in [0.05, 0.1) is 0 Å². The highest BCUT2D eigenvalue weighted by Crippen LogP contribution is 2.23.